The first-order chi connectivity index (χ1) is 6.33. The Labute approximate surface area is 80.1 Å². The van der Waals surface area contributed by atoms with E-state index in [9.17, 15) is 0 Å². The predicted octanol–water partition coefficient (Wildman–Crippen LogP) is 0.423. The van der Waals surface area contributed by atoms with Gasteiger partial charge in [0.1, 0.15) is 0 Å². The first-order valence-electron chi connectivity index (χ1n) is 4.92. The monoisotopic (exact) mass is 187 g/mol. The molecular weight excluding hydrogens is 169 g/mol. The van der Waals surface area contributed by atoms with Gasteiger partial charge in [0, 0.05) is 25.9 Å². The summed E-state index contributed by atoms with van der Waals surface area (Å²) in [6.45, 7) is 7.26. The zero-order valence-corrected chi connectivity index (χ0v) is 8.41. The lowest BCUT2D eigenvalue weighted by Gasteiger charge is -2.24. The van der Waals surface area contributed by atoms with Crippen molar-refractivity contribution >= 4 is 7.32 Å². The highest BCUT2D eigenvalue weighted by molar-refractivity contribution is 6.36. The number of hydrogen-bond acceptors (Lipinski definition) is 4. The van der Waals surface area contributed by atoms with E-state index in [0.29, 0.717) is 6.61 Å². The van der Waals surface area contributed by atoms with Gasteiger partial charge in [-0.25, -0.2) is 0 Å². The van der Waals surface area contributed by atoms with Gasteiger partial charge < -0.3 is 19.3 Å². The van der Waals surface area contributed by atoms with Crippen molar-refractivity contribution in [2.24, 2.45) is 0 Å². The second-order valence-corrected chi connectivity index (χ2v) is 3.12. The number of rotatable bonds is 5. The summed E-state index contributed by atoms with van der Waals surface area (Å²) >= 11 is 0. The van der Waals surface area contributed by atoms with E-state index in [-0.39, 0.29) is 6.10 Å². The highest BCUT2D eigenvalue weighted by Crippen LogP contribution is 2.09. The normalized spacial score (nSPS) is 23.5. The number of hydrogen-bond donors (Lipinski definition) is 1. The van der Waals surface area contributed by atoms with Crippen molar-refractivity contribution in [3.8, 4) is 0 Å². The molecule has 0 amide bonds. The van der Waals surface area contributed by atoms with Crippen LogP contribution in [0.25, 0.3) is 0 Å². The Kier molecular flexibility index (Phi) is 5.38. The van der Waals surface area contributed by atoms with Crippen LogP contribution in [-0.4, -0.2) is 39.7 Å². The van der Waals surface area contributed by atoms with E-state index < -0.39 is 7.32 Å². The van der Waals surface area contributed by atoms with E-state index in [1.165, 1.54) is 0 Å². The molecule has 1 atom stereocenters. The van der Waals surface area contributed by atoms with E-state index in [1.54, 1.807) is 0 Å². The maximum Gasteiger partial charge on any atom is 0.639 e. The molecule has 1 unspecified atom stereocenters. The molecule has 0 aromatic heterocycles. The van der Waals surface area contributed by atoms with E-state index in [1.807, 2.05) is 6.92 Å². The molecule has 1 rings (SSSR count). The summed E-state index contributed by atoms with van der Waals surface area (Å²) < 4.78 is 16.0. The van der Waals surface area contributed by atoms with Crippen LogP contribution in [0, 0.1) is 0 Å². The Morgan fingerprint density at radius 1 is 1.62 bits per heavy atom. The van der Waals surface area contributed by atoms with E-state index >= 15 is 0 Å². The lowest BCUT2D eigenvalue weighted by Crippen LogP contribution is -2.38. The van der Waals surface area contributed by atoms with Crippen molar-refractivity contribution in [1.29, 1.82) is 0 Å². The largest absolute Gasteiger partial charge is 0.639 e. The molecule has 1 fully saturated rings. The molecule has 4 nitrogen and oxygen atoms in total. The second-order valence-electron chi connectivity index (χ2n) is 3.12. The Bertz CT molecular complexity index is 137. The number of likely N-dealkylation sites (N-methyl/N-ethyl adjacent to an activating group) is 1. The van der Waals surface area contributed by atoms with E-state index in [4.69, 9.17) is 14.0 Å². The summed E-state index contributed by atoms with van der Waals surface area (Å²) in [6, 6.07) is 0. The summed E-state index contributed by atoms with van der Waals surface area (Å²) in [5.41, 5.74) is 0. The summed E-state index contributed by atoms with van der Waals surface area (Å²) in [7, 11) is -0.456. The molecule has 0 spiro atoms. The van der Waals surface area contributed by atoms with Gasteiger partial charge in [-0.2, -0.15) is 0 Å². The SMILES string of the molecule is CCNCCOB1OCCC(C)O1. The van der Waals surface area contributed by atoms with Gasteiger partial charge >= 0.3 is 7.32 Å². The Morgan fingerprint density at radius 2 is 2.46 bits per heavy atom. The molecular formula is C8H18BNO3. The fraction of sp³-hybridized carbons (Fsp3) is 1.00. The maximum atomic E-state index is 5.39. The molecule has 1 heterocycles. The predicted molar refractivity (Wildman–Crippen MR) is 51.4 cm³/mol. The minimum absolute atomic E-state index is 0.248. The van der Waals surface area contributed by atoms with Crippen molar-refractivity contribution < 1.29 is 14.0 Å². The van der Waals surface area contributed by atoms with Gasteiger partial charge in [0.2, 0.25) is 0 Å². The fourth-order valence-electron chi connectivity index (χ4n) is 1.12. The fourth-order valence-corrected chi connectivity index (χ4v) is 1.12. The average Bonchev–Trinajstić information content (AvgIpc) is 2.13. The molecule has 0 aliphatic carbocycles. The van der Waals surface area contributed by atoms with Crippen molar-refractivity contribution in [2.45, 2.75) is 26.4 Å². The first kappa shape index (κ1) is 11.0. The Balaban J connectivity index is 2.00. The average molecular weight is 187 g/mol. The van der Waals surface area contributed by atoms with Crippen LogP contribution in [0.1, 0.15) is 20.3 Å². The van der Waals surface area contributed by atoms with Gasteiger partial charge in [-0.1, -0.05) is 6.92 Å². The maximum absolute atomic E-state index is 5.39. The van der Waals surface area contributed by atoms with Gasteiger partial charge in [-0.3, -0.25) is 0 Å². The van der Waals surface area contributed by atoms with Gasteiger partial charge in [0.15, 0.2) is 0 Å². The van der Waals surface area contributed by atoms with Crippen LogP contribution in [0.5, 0.6) is 0 Å². The van der Waals surface area contributed by atoms with Crippen LogP contribution in [-0.2, 0) is 14.0 Å². The summed E-state index contributed by atoms with van der Waals surface area (Å²) in [5.74, 6) is 0. The molecule has 1 aliphatic heterocycles. The molecule has 0 bridgehead atoms. The topological polar surface area (TPSA) is 39.7 Å². The summed E-state index contributed by atoms with van der Waals surface area (Å²) in [6.07, 6.45) is 1.20. The third-order valence-electron chi connectivity index (χ3n) is 1.90. The third-order valence-corrected chi connectivity index (χ3v) is 1.90. The van der Waals surface area contributed by atoms with Crippen LogP contribution >= 0.6 is 0 Å². The molecule has 1 aliphatic rings. The van der Waals surface area contributed by atoms with E-state index in [2.05, 4.69) is 12.2 Å². The van der Waals surface area contributed by atoms with E-state index in [0.717, 1.165) is 26.1 Å². The zero-order valence-electron chi connectivity index (χ0n) is 8.41. The van der Waals surface area contributed by atoms with Crippen molar-refractivity contribution in [3.05, 3.63) is 0 Å². The molecule has 13 heavy (non-hydrogen) atoms. The van der Waals surface area contributed by atoms with Crippen LogP contribution in [0.2, 0.25) is 0 Å². The summed E-state index contributed by atoms with van der Waals surface area (Å²) in [4.78, 5) is 0. The molecule has 76 valence electrons. The molecule has 5 heteroatoms. The third kappa shape index (κ3) is 4.62. The molecule has 0 saturated carbocycles. The standard InChI is InChI=1S/C8H18BNO3/c1-3-10-5-7-12-9-11-6-4-8(2)13-9/h8,10H,3-7H2,1-2H3. The van der Waals surface area contributed by atoms with Crippen molar-refractivity contribution in [3.63, 3.8) is 0 Å². The van der Waals surface area contributed by atoms with Crippen molar-refractivity contribution in [2.75, 3.05) is 26.3 Å². The smallest absolute Gasteiger partial charge is 0.386 e. The zero-order chi connectivity index (χ0) is 9.52. The highest BCUT2D eigenvalue weighted by atomic mass is 16.7. The lowest BCUT2D eigenvalue weighted by molar-refractivity contribution is 0.0155. The minimum Gasteiger partial charge on any atom is -0.386 e. The van der Waals surface area contributed by atoms with Gasteiger partial charge in [-0.15, -0.1) is 0 Å². The second kappa shape index (κ2) is 6.37. The Morgan fingerprint density at radius 3 is 3.15 bits per heavy atom. The van der Waals surface area contributed by atoms with Crippen LogP contribution in [0.4, 0.5) is 0 Å². The molecule has 0 radical (unpaired) electrons. The van der Waals surface area contributed by atoms with Crippen molar-refractivity contribution in [1.82, 2.24) is 5.32 Å². The molecule has 0 aromatic carbocycles. The van der Waals surface area contributed by atoms with Crippen LogP contribution < -0.4 is 5.32 Å². The van der Waals surface area contributed by atoms with Gasteiger partial charge in [0.05, 0.1) is 0 Å². The highest BCUT2D eigenvalue weighted by Gasteiger charge is 2.28. The van der Waals surface area contributed by atoms with Crippen LogP contribution in [0.15, 0.2) is 0 Å². The van der Waals surface area contributed by atoms with Gasteiger partial charge in [-0.05, 0) is 19.9 Å². The molecule has 1 N–H and O–H groups in total. The quantitative estimate of drug-likeness (QED) is 0.500. The minimum atomic E-state index is -0.456. The lowest BCUT2D eigenvalue weighted by atomic mass is 10.1. The number of nitrogens with one attached hydrogen (secondary N) is 1. The van der Waals surface area contributed by atoms with Crippen LogP contribution in [0.3, 0.4) is 0 Å². The van der Waals surface area contributed by atoms with Gasteiger partial charge in [0.25, 0.3) is 0 Å². The summed E-state index contributed by atoms with van der Waals surface area (Å²) in [5, 5.41) is 3.16. The Hall–Kier alpha value is -0.0951. The molecule has 1 saturated heterocycles. The first-order valence-corrected chi connectivity index (χ1v) is 4.92. The molecule has 0 aromatic rings.